The van der Waals surface area contributed by atoms with Crippen LogP contribution in [0.25, 0.3) is 55.3 Å². The minimum absolute atomic E-state index is 0.913. The largest absolute Gasteiger partial charge is 0.309 e. The van der Waals surface area contributed by atoms with E-state index in [4.69, 9.17) is 4.98 Å². The summed E-state index contributed by atoms with van der Waals surface area (Å²) < 4.78 is 4.53. The van der Waals surface area contributed by atoms with Crippen LogP contribution < -0.4 is 0 Å². The summed E-state index contributed by atoms with van der Waals surface area (Å²) in [7, 11) is 0. The van der Waals surface area contributed by atoms with Crippen LogP contribution in [0.3, 0.4) is 0 Å². The first kappa shape index (κ1) is 18.9. The lowest BCUT2D eigenvalue weighted by atomic mass is 10.1. The first-order chi connectivity index (χ1) is 16.9. The molecule has 0 spiro atoms. The number of hydrogen-bond donors (Lipinski definition) is 0. The third-order valence-electron chi connectivity index (χ3n) is 6.60. The van der Waals surface area contributed by atoms with E-state index in [1.807, 2.05) is 12.3 Å². The highest BCUT2D eigenvalue weighted by Gasteiger charge is 2.15. The van der Waals surface area contributed by atoms with Crippen LogP contribution in [0.15, 0.2) is 128 Å². The van der Waals surface area contributed by atoms with E-state index in [1.54, 1.807) is 0 Å². The first-order valence-electron chi connectivity index (χ1n) is 11.5. The van der Waals surface area contributed by atoms with Crippen molar-refractivity contribution in [2.24, 2.45) is 0 Å². The van der Waals surface area contributed by atoms with E-state index in [-0.39, 0.29) is 0 Å². The van der Waals surface area contributed by atoms with Crippen molar-refractivity contribution >= 4 is 32.7 Å². The Hall–Kier alpha value is -4.63. The molecular weight excluding hydrogens is 414 g/mol. The molecule has 0 unspecified atom stereocenters. The van der Waals surface area contributed by atoms with Crippen LogP contribution in [-0.4, -0.2) is 14.1 Å². The Labute approximate surface area is 197 Å². The molecule has 0 aliphatic heterocycles. The first-order valence-corrected chi connectivity index (χ1v) is 11.5. The predicted molar refractivity (Wildman–Crippen MR) is 141 cm³/mol. The lowest BCUT2D eigenvalue weighted by Crippen LogP contribution is -1.97. The van der Waals surface area contributed by atoms with Gasteiger partial charge in [0.2, 0.25) is 0 Å². The number of hydrogen-bond acceptors (Lipinski definition) is 1. The van der Waals surface area contributed by atoms with Gasteiger partial charge in [0.05, 0.1) is 16.6 Å². The van der Waals surface area contributed by atoms with Gasteiger partial charge in [-0.1, -0.05) is 66.7 Å². The Kier molecular flexibility index (Phi) is 4.15. The number of benzene rings is 4. The number of fused-ring (bicyclic) bond motifs is 4. The molecule has 0 atom stereocenters. The maximum atomic E-state index is 4.81. The van der Waals surface area contributed by atoms with Crippen LogP contribution >= 0.6 is 0 Å². The highest BCUT2D eigenvalue weighted by molar-refractivity contribution is 6.13. The molecule has 3 heteroatoms. The van der Waals surface area contributed by atoms with Crippen LogP contribution in [-0.2, 0) is 0 Å². The second-order valence-electron chi connectivity index (χ2n) is 8.57. The third kappa shape index (κ3) is 2.87. The summed E-state index contributed by atoms with van der Waals surface area (Å²) >= 11 is 0. The Morgan fingerprint density at radius 2 is 1.29 bits per heavy atom. The van der Waals surface area contributed by atoms with Crippen molar-refractivity contribution in [2.45, 2.75) is 0 Å². The van der Waals surface area contributed by atoms with Gasteiger partial charge in [-0.3, -0.25) is 0 Å². The zero-order valence-electron chi connectivity index (χ0n) is 18.5. The van der Waals surface area contributed by atoms with E-state index in [0.29, 0.717) is 0 Å². The second-order valence-corrected chi connectivity index (χ2v) is 8.57. The Bertz CT molecular complexity index is 1770. The lowest BCUT2D eigenvalue weighted by Gasteiger charge is -2.09. The van der Waals surface area contributed by atoms with Crippen LogP contribution in [0.1, 0.15) is 0 Å². The minimum atomic E-state index is 0.913. The number of pyridine rings is 1. The number of para-hydroxylation sites is 2. The molecule has 0 radical (unpaired) electrons. The fourth-order valence-corrected chi connectivity index (χ4v) is 4.98. The highest BCUT2D eigenvalue weighted by atomic mass is 15.1. The van der Waals surface area contributed by atoms with Gasteiger partial charge in [-0.2, -0.15) is 0 Å². The molecule has 34 heavy (non-hydrogen) atoms. The summed E-state index contributed by atoms with van der Waals surface area (Å²) in [5.74, 6) is 0.913. The molecule has 0 saturated heterocycles. The topological polar surface area (TPSA) is 22.8 Å². The Morgan fingerprint density at radius 3 is 2.09 bits per heavy atom. The summed E-state index contributed by atoms with van der Waals surface area (Å²) in [6, 6.07) is 40.6. The molecule has 0 saturated carbocycles. The van der Waals surface area contributed by atoms with Gasteiger partial charge < -0.3 is 9.13 Å². The molecular formula is C31H21N3. The number of nitrogens with zero attached hydrogens (tertiary/aromatic N) is 3. The molecule has 3 aromatic heterocycles. The van der Waals surface area contributed by atoms with Crippen molar-refractivity contribution in [1.82, 2.24) is 14.1 Å². The van der Waals surface area contributed by atoms with Crippen LogP contribution in [0, 0.1) is 0 Å². The van der Waals surface area contributed by atoms with E-state index in [2.05, 4.69) is 125 Å². The summed E-state index contributed by atoms with van der Waals surface area (Å²) in [6.45, 7) is 0. The standard InChI is InChI=1S/C31H21N3/c1-3-9-22(10-4-1)24-15-16-31(32-21-24)33-18-17-23-19-27-26-13-7-8-14-28(26)34(30(27)20-29(23)33)25-11-5-2-6-12-25/h1-21H. The third-order valence-corrected chi connectivity index (χ3v) is 6.60. The van der Waals surface area contributed by atoms with E-state index in [0.717, 1.165) is 22.6 Å². The monoisotopic (exact) mass is 435 g/mol. The smallest absolute Gasteiger partial charge is 0.137 e. The molecule has 0 aliphatic rings. The molecule has 0 amide bonds. The molecule has 0 fully saturated rings. The molecule has 0 N–H and O–H groups in total. The highest BCUT2D eigenvalue weighted by Crippen LogP contribution is 2.35. The SMILES string of the molecule is c1ccc(-c2ccc(-n3ccc4cc5c6ccccc6n(-c6ccccc6)c5cc43)nc2)cc1. The van der Waals surface area contributed by atoms with E-state index in [1.165, 1.54) is 32.8 Å². The van der Waals surface area contributed by atoms with Crippen LogP contribution in [0.4, 0.5) is 0 Å². The van der Waals surface area contributed by atoms with Gasteiger partial charge in [-0.25, -0.2) is 4.98 Å². The molecule has 3 heterocycles. The zero-order chi connectivity index (χ0) is 22.5. The fraction of sp³-hybridized carbons (Fsp3) is 0. The summed E-state index contributed by atoms with van der Waals surface area (Å²) in [5.41, 5.74) is 7.01. The van der Waals surface area contributed by atoms with Crippen molar-refractivity contribution in [3.05, 3.63) is 128 Å². The summed E-state index contributed by atoms with van der Waals surface area (Å²) in [4.78, 5) is 4.81. The van der Waals surface area contributed by atoms with Gasteiger partial charge in [0.1, 0.15) is 5.82 Å². The van der Waals surface area contributed by atoms with Crippen molar-refractivity contribution in [2.75, 3.05) is 0 Å². The second kappa shape index (κ2) is 7.46. The Balaban J connectivity index is 1.44. The van der Waals surface area contributed by atoms with Crippen molar-refractivity contribution in [3.63, 3.8) is 0 Å². The number of aromatic nitrogens is 3. The average molecular weight is 436 g/mol. The van der Waals surface area contributed by atoms with Gasteiger partial charge in [0, 0.05) is 39.8 Å². The average Bonchev–Trinajstić information content (AvgIpc) is 3.47. The van der Waals surface area contributed by atoms with Gasteiger partial charge in [-0.05, 0) is 54.1 Å². The minimum Gasteiger partial charge on any atom is -0.309 e. The predicted octanol–water partition coefficient (Wildman–Crippen LogP) is 7.79. The zero-order valence-corrected chi connectivity index (χ0v) is 18.5. The maximum Gasteiger partial charge on any atom is 0.137 e. The molecule has 7 rings (SSSR count). The molecule has 0 bridgehead atoms. The maximum absolute atomic E-state index is 4.81. The lowest BCUT2D eigenvalue weighted by molar-refractivity contribution is 1.04. The van der Waals surface area contributed by atoms with Crippen LogP contribution in [0.2, 0.25) is 0 Å². The molecule has 0 aliphatic carbocycles. The van der Waals surface area contributed by atoms with E-state index in [9.17, 15) is 0 Å². The quantitative estimate of drug-likeness (QED) is 0.278. The summed E-state index contributed by atoms with van der Waals surface area (Å²) in [5, 5.41) is 3.73. The van der Waals surface area contributed by atoms with Gasteiger partial charge in [-0.15, -0.1) is 0 Å². The summed E-state index contributed by atoms with van der Waals surface area (Å²) in [6.07, 6.45) is 4.07. The Morgan fingerprint density at radius 1 is 0.529 bits per heavy atom. The normalized spacial score (nSPS) is 11.5. The van der Waals surface area contributed by atoms with Crippen molar-refractivity contribution < 1.29 is 0 Å². The van der Waals surface area contributed by atoms with Gasteiger partial charge >= 0.3 is 0 Å². The van der Waals surface area contributed by atoms with Gasteiger partial charge in [0.25, 0.3) is 0 Å². The molecule has 7 aromatic rings. The fourth-order valence-electron chi connectivity index (χ4n) is 4.98. The van der Waals surface area contributed by atoms with E-state index < -0.39 is 0 Å². The van der Waals surface area contributed by atoms with Crippen molar-refractivity contribution in [3.8, 4) is 22.6 Å². The van der Waals surface area contributed by atoms with Gasteiger partial charge in [0.15, 0.2) is 0 Å². The molecule has 160 valence electrons. The van der Waals surface area contributed by atoms with Crippen molar-refractivity contribution in [1.29, 1.82) is 0 Å². The molecule has 3 nitrogen and oxygen atoms in total. The van der Waals surface area contributed by atoms with Crippen LogP contribution in [0.5, 0.6) is 0 Å². The number of rotatable bonds is 3. The van der Waals surface area contributed by atoms with E-state index >= 15 is 0 Å². The molecule has 4 aromatic carbocycles.